The fraction of sp³-hybridized carbons (Fsp3) is 0.0714. The average Bonchev–Trinajstić information content (AvgIpc) is 3.52. The van der Waals surface area contributed by atoms with Gasteiger partial charge in [-0.1, -0.05) is 6.07 Å². The summed E-state index contributed by atoms with van der Waals surface area (Å²) in [5, 5.41) is 5.44. The summed E-state index contributed by atoms with van der Waals surface area (Å²) in [5.74, 6) is -1.08. The molecule has 0 saturated carbocycles. The first-order chi connectivity index (χ1) is 17.9. The Morgan fingerprint density at radius 1 is 0.811 bits per heavy atom. The lowest BCUT2D eigenvalue weighted by atomic mass is 10.1. The van der Waals surface area contributed by atoms with Gasteiger partial charge in [0.1, 0.15) is 5.75 Å². The van der Waals surface area contributed by atoms with Gasteiger partial charge in [0.2, 0.25) is 0 Å². The molecule has 37 heavy (non-hydrogen) atoms. The van der Waals surface area contributed by atoms with Crippen molar-refractivity contribution >= 4 is 40.7 Å². The second kappa shape index (κ2) is 9.82. The van der Waals surface area contributed by atoms with Crippen molar-refractivity contribution in [2.75, 3.05) is 22.1 Å². The highest BCUT2D eigenvalue weighted by molar-refractivity contribution is 6.34. The van der Waals surface area contributed by atoms with E-state index in [1.165, 1.54) is 30.5 Å². The lowest BCUT2D eigenvalue weighted by molar-refractivity contribution is 0.0924. The van der Waals surface area contributed by atoms with Crippen molar-refractivity contribution in [2.45, 2.75) is 6.92 Å². The van der Waals surface area contributed by atoms with Crippen molar-refractivity contribution in [3.05, 3.63) is 108 Å². The van der Waals surface area contributed by atoms with E-state index in [4.69, 9.17) is 9.15 Å². The van der Waals surface area contributed by atoms with Gasteiger partial charge < -0.3 is 19.8 Å². The van der Waals surface area contributed by atoms with Gasteiger partial charge in [0.15, 0.2) is 5.76 Å². The summed E-state index contributed by atoms with van der Waals surface area (Å²) < 4.78 is 10.5. The van der Waals surface area contributed by atoms with Gasteiger partial charge in [0, 0.05) is 16.9 Å². The summed E-state index contributed by atoms with van der Waals surface area (Å²) in [6.07, 6.45) is 1.40. The topological polar surface area (TPSA) is 118 Å². The number of fused-ring (bicyclic) bond motifs is 1. The number of rotatable bonds is 7. The molecule has 0 unspecified atom stereocenters. The normalized spacial score (nSPS) is 12.3. The highest BCUT2D eigenvalue weighted by Gasteiger charge is 2.37. The molecule has 2 heterocycles. The molecule has 0 radical (unpaired) electrons. The molecule has 9 nitrogen and oxygen atoms in total. The van der Waals surface area contributed by atoms with Gasteiger partial charge in [-0.25, -0.2) is 4.90 Å². The lowest BCUT2D eigenvalue weighted by Gasteiger charge is -2.14. The number of carbonyl (C=O) groups excluding carboxylic acids is 4. The molecule has 1 aliphatic heterocycles. The molecule has 3 aromatic carbocycles. The molecule has 0 atom stereocenters. The van der Waals surface area contributed by atoms with Crippen molar-refractivity contribution in [2.24, 2.45) is 0 Å². The Hall–Kier alpha value is -5.18. The molecule has 4 amide bonds. The number of benzene rings is 3. The highest BCUT2D eigenvalue weighted by atomic mass is 16.5. The summed E-state index contributed by atoms with van der Waals surface area (Å²) >= 11 is 0. The van der Waals surface area contributed by atoms with E-state index in [9.17, 15) is 19.2 Å². The fourth-order valence-corrected chi connectivity index (χ4v) is 3.95. The van der Waals surface area contributed by atoms with Crippen LogP contribution in [-0.4, -0.2) is 30.2 Å². The fourth-order valence-electron chi connectivity index (χ4n) is 3.95. The van der Waals surface area contributed by atoms with E-state index >= 15 is 0 Å². The zero-order valence-corrected chi connectivity index (χ0v) is 19.7. The maximum absolute atomic E-state index is 13.1. The summed E-state index contributed by atoms with van der Waals surface area (Å²) in [4.78, 5) is 52.2. The molecule has 1 aliphatic rings. The number of imide groups is 1. The van der Waals surface area contributed by atoms with Crippen LogP contribution in [0.4, 0.5) is 17.1 Å². The largest absolute Gasteiger partial charge is 0.494 e. The third kappa shape index (κ3) is 4.70. The van der Waals surface area contributed by atoms with Crippen LogP contribution in [0.1, 0.15) is 48.6 Å². The van der Waals surface area contributed by atoms with Crippen LogP contribution in [0.3, 0.4) is 0 Å². The SMILES string of the molecule is CCOc1ccc(N2C(=O)c3ccc(C(=O)Nc4cccc(NC(=O)c5ccco5)c4)cc3C2=O)cc1. The van der Waals surface area contributed by atoms with Crippen molar-refractivity contribution in [1.82, 2.24) is 0 Å². The molecule has 184 valence electrons. The molecule has 4 aromatic rings. The Morgan fingerprint density at radius 2 is 1.51 bits per heavy atom. The summed E-state index contributed by atoms with van der Waals surface area (Å²) in [7, 11) is 0. The van der Waals surface area contributed by atoms with Crippen LogP contribution in [-0.2, 0) is 0 Å². The van der Waals surface area contributed by atoms with E-state index in [1.807, 2.05) is 6.92 Å². The average molecular weight is 495 g/mol. The van der Waals surface area contributed by atoms with E-state index in [0.29, 0.717) is 29.4 Å². The summed E-state index contributed by atoms with van der Waals surface area (Å²) in [6.45, 7) is 2.37. The van der Waals surface area contributed by atoms with Gasteiger partial charge in [-0.15, -0.1) is 0 Å². The third-order valence-electron chi connectivity index (χ3n) is 5.68. The lowest BCUT2D eigenvalue weighted by Crippen LogP contribution is -2.29. The molecule has 9 heteroatoms. The highest BCUT2D eigenvalue weighted by Crippen LogP contribution is 2.30. The molecular weight excluding hydrogens is 474 g/mol. The number of nitrogens with zero attached hydrogens (tertiary/aromatic N) is 1. The van der Waals surface area contributed by atoms with E-state index in [-0.39, 0.29) is 22.5 Å². The second-order valence-electron chi connectivity index (χ2n) is 8.10. The maximum atomic E-state index is 13.1. The van der Waals surface area contributed by atoms with Crippen molar-refractivity contribution in [3.8, 4) is 5.75 Å². The number of hydrogen-bond acceptors (Lipinski definition) is 6. The van der Waals surface area contributed by atoms with Crippen LogP contribution in [0.15, 0.2) is 89.5 Å². The van der Waals surface area contributed by atoms with Crippen LogP contribution >= 0.6 is 0 Å². The van der Waals surface area contributed by atoms with Gasteiger partial charge in [0.25, 0.3) is 23.6 Å². The van der Waals surface area contributed by atoms with Crippen molar-refractivity contribution in [3.63, 3.8) is 0 Å². The maximum Gasteiger partial charge on any atom is 0.291 e. The Labute approximate surface area is 211 Å². The number of hydrogen-bond donors (Lipinski definition) is 2. The standard InChI is InChI=1S/C28H21N3O6/c1-2-36-21-11-9-20(10-12-21)31-27(34)22-13-8-17(15-23(22)28(31)35)25(32)29-18-5-3-6-19(16-18)30-26(33)24-7-4-14-37-24/h3-16H,2H2,1H3,(H,29,32)(H,30,33). The Morgan fingerprint density at radius 3 is 2.19 bits per heavy atom. The molecule has 0 fully saturated rings. The number of ether oxygens (including phenoxy) is 1. The first-order valence-corrected chi connectivity index (χ1v) is 11.5. The van der Waals surface area contributed by atoms with Gasteiger partial charge >= 0.3 is 0 Å². The monoisotopic (exact) mass is 495 g/mol. The van der Waals surface area contributed by atoms with E-state index in [1.54, 1.807) is 54.6 Å². The van der Waals surface area contributed by atoms with Gasteiger partial charge in [-0.3, -0.25) is 19.2 Å². The zero-order chi connectivity index (χ0) is 25.9. The molecular formula is C28H21N3O6. The van der Waals surface area contributed by atoms with Crippen LogP contribution in [0.2, 0.25) is 0 Å². The molecule has 1 aromatic heterocycles. The predicted octanol–water partition coefficient (Wildman–Crippen LogP) is 4.98. The Kier molecular flexibility index (Phi) is 6.25. The van der Waals surface area contributed by atoms with Gasteiger partial charge in [-0.05, 0) is 79.7 Å². The van der Waals surface area contributed by atoms with Crippen LogP contribution < -0.4 is 20.3 Å². The van der Waals surface area contributed by atoms with Crippen LogP contribution in [0, 0.1) is 0 Å². The minimum absolute atomic E-state index is 0.144. The molecule has 0 saturated heterocycles. The summed E-state index contributed by atoms with van der Waals surface area (Å²) in [5.41, 5.74) is 1.87. The van der Waals surface area contributed by atoms with Crippen molar-refractivity contribution in [1.29, 1.82) is 0 Å². The molecule has 0 bridgehead atoms. The van der Waals surface area contributed by atoms with E-state index < -0.39 is 23.6 Å². The second-order valence-corrected chi connectivity index (χ2v) is 8.10. The van der Waals surface area contributed by atoms with E-state index in [0.717, 1.165) is 4.90 Å². The van der Waals surface area contributed by atoms with E-state index in [2.05, 4.69) is 10.6 Å². The molecule has 5 rings (SSSR count). The van der Waals surface area contributed by atoms with Crippen molar-refractivity contribution < 1.29 is 28.3 Å². The van der Waals surface area contributed by atoms with Crippen LogP contribution in [0.5, 0.6) is 5.75 Å². The number of nitrogens with one attached hydrogen (secondary N) is 2. The minimum Gasteiger partial charge on any atom is -0.494 e. The van der Waals surface area contributed by atoms with Gasteiger partial charge in [0.05, 0.1) is 29.7 Å². The quantitative estimate of drug-likeness (QED) is 0.349. The van der Waals surface area contributed by atoms with Gasteiger partial charge in [-0.2, -0.15) is 0 Å². The zero-order valence-electron chi connectivity index (χ0n) is 19.7. The molecule has 0 aliphatic carbocycles. The summed E-state index contributed by atoms with van der Waals surface area (Å²) in [6, 6.07) is 20.8. The number of furan rings is 1. The third-order valence-corrected chi connectivity index (χ3v) is 5.68. The smallest absolute Gasteiger partial charge is 0.291 e. The number of amides is 4. The Bertz CT molecular complexity index is 1510. The van der Waals surface area contributed by atoms with Crippen LogP contribution in [0.25, 0.3) is 0 Å². The first kappa shape index (κ1) is 23.6. The number of anilines is 3. The minimum atomic E-state index is -0.513. The Balaban J connectivity index is 1.31. The molecule has 2 N–H and O–H groups in total. The predicted molar refractivity (Wildman–Crippen MR) is 136 cm³/mol. The first-order valence-electron chi connectivity index (χ1n) is 11.5. The molecule has 0 spiro atoms. The number of carbonyl (C=O) groups is 4.